The smallest absolute Gasteiger partial charge is 0.135 e. The quantitative estimate of drug-likeness (QED) is 0.766. The van der Waals surface area contributed by atoms with E-state index in [4.69, 9.17) is 0 Å². The number of aryl methyl sites for hydroxylation is 1. The number of nitrogens with zero attached hydrogens (tertiary/aromatic N) is 1. The average Bonchev–Trinajstić information content (AvgIpc) is 2.37. The van der Waals surface area contributed by atoms with Crippen LogP contribution in [0.4, 0.5) is 8.78 Å². The van der Waals surface area contributed by atoms with Crippen molar-refractivity contribution in [3.8, 4) is 11.3 Å². The highest BCUT2D eigenvalue weighted by atomic mass is 19.1. The van der Waals surface area contributed by atoms with Gasteiger partial charge in [-0.1, -0.05) is 20.8 Å². The van der Waals surface area contributed by atoms with Gasteiger partial charge in [-0.15, -0.1) is 0 Å². The molecule has 106 valence electrons. The van der Waals surface area contributed by atoms with Crippen LogP contribution in [0.15, 0.2) is 30.5 Å². The van der Waals surface area contributed by atoms with Gasteiger partial charge in [0.25, 0.3) is 0 Å². The van der Waals surface area contributed by atoms with Gasteiger partial charge in [0.1, 0.15) is 11.6 Å². The first-order valence-corrected chi connectivity index (χ1v) is 6.77. The lowest BCUT2D eigenvalue weighted by molar-refractivity contribution is 0.493. The predicted molar refractivity (Wildman–Crippen MR) is 77.6 cm³/mol. The molecule has 2 aromatic rings. The van der Waals surface area contributed by atoms with Crippen molar-refractivity contribution in [3.05, 3.63) is 53.2 Å². The topological polar surface area (TPSA) is 12.9 Å². The van der Waals surface area contributed by atoms with Gasteiger partial charge in [-0.05, 0) is 48.1 Å². The molecule has 1 nitrogen and oxygen atoms in total. The van der Waals surface area contributed by atoms with Crippen LogP contribution in [0.25, 0.3) is 11.3 Å². The molecular formula is C17H19F2N. The summed E-state index contributed by atoms with van der Waals surface area (Å²) in [6.07, 6.45) is 2.44. The number of rotatable bonds is 3. The Morgan fingerprint density at radius 1 is 1.15 bits per heavy atom. The van der Waals surface area contributed by atoms with E-state index in [0.717, 1.165) is 18.1 Å². The lowest BCUT2D eigenvalue weighted by Crippen LogP contribution is -2.18. The van der Waals surface area contributed by atoms with Crippen molar-refractivity contribution in [2.45, 2.75) is 39.5 Å². The predicted octanol–water partition coefficient (Wildman–Crippen LogP) is 5.02. The Balaban J connectivity index is 2.75. The van der Waals surface area contributed by atoms with E-state index < -0.39 is 11.6 Å². The van der Waals surface area contributed by atoms with Crippen LogP contribution >= 0.6 is 0 Å². The first-order chi connectivity index (χ1) is 9.35. The van der Waals surface area contributed by atoms with Crippen LogP contribution in [0.5, 0.6) is 0 Å². The van der Waals surface area contributed by atoms with Crippen molar-refractivity contribution in [1.29, 1.82) is 0 Å². The molecular weight excluding hydrogens is 256 g/mol. The summed E-state index contributed by atoms with van der Waals surface area (Å²) in [5.74, 6) is -1.10. The largest absolute Gasteiger partial charge is 0.256 e. The van der Waals surface area contributed by atoms with Crippen molar-refractivity contribution < 1.29 is 8.78 Å². The van der Waals surface area contributed by atoms with Crippen molar-refractivity contribution in [3.63, 3.8) is 0 Å². The molecule has 0 aliphatic rings. The SMILES string of the molecule is CCC(C)(C)c1cc(F)cc(F)c1-c1cc(C)ccn1. The summed E-state index contributed by atoms with van der Waals surface area (Å²) >= 11 is 0. The van der Waals surface area contributed by atoms with Gasteiger partial charge in [0.2, 0.25) is 0 Å². The highest BCUT2D eigenvalue weighted by molar-refractivity contribution is 5.66. The van der Waals surface area contributed by atoms with Crippen LogP contribution in [-0.4, -0.2) is 4.98 Å². The lowest BCUT2D eigenvalue weighted by atomic mass is 9.78. The van der Waals surface area contributed by atoms with Gasteiger partial charge in [-0.3, -0.25) is 4.98 Å². The normalized spacial score (nSPS) is 11.7. The third-order valence-corrected chi connectivity index (χ3v) is 3.84. The van der Waals surface area contributed by atoms with Gasteiger partial charge in [0.15, 0.2) is 0 Å². The molecule has 0 N–H and O–H groups in total. The van der Waals surface area contributed by atoms with Crippen LogP contribution in [0.2, 0.25) is 0 Å². The van der Waals surface area contributed by atoms with E-state index in [0.29, 0.717) is 16.8 Å². The molecule has 1 heterocycles. The summed E-state index contributed by atoms with van der Waals surface area (Å²) < 4.78 is 27.9. The van der Waals surface area contributed by atoms with Crippen molar-refractivity contribution in [2.75, 3.05) is 0 Å². The maximum absolute atomic E-state index is 14.3. The molecule has 0 aliphatic carbocycles. The van der Waals surface area contributed by atoms with Crippen molar-refractivity contribution in [1.82, 2.24) is 4.98 Å². The van der Waals surface area contributed by atoms with Crippen LogP contribution in [0, 0.1) is 18.6 Å². The van der Waals surface area contributed by atoms with E-state index in [1.165, 1.54) is 6.07 Å². The summed E-state index contributed by atoms with van der Waals surface area (Å²) in [6, 6.07) is 6.03. The number of benzene rings is 1. The molecule has 0 saturated carbocycles. The minimum atomic E-state index is -0.556. The molecule has 0 amide bonds. The molecule has 0 fully saturated rings. The second kappa shape index (κ2) is 5.31. The minimum Gasteiger partial charge on any atom is -0.256 e. The number of pyridine rings is 1. The summed E-state index contributed by atoms with van der Waals surface area (Å²) in [4.78, 5) is 4.25. The van der Waals surface area contributed by atoms with Crippen molar-refractivity contribution in [2.24, 2.45) is 0 Å². The molecule has 1 aromatic carbocycles. The number of hydrogen-bond donors (Lipinski definition) is 0. The fourth-order valence-corrected chi connectivity index (χ4v) is 2.23. The van der Waals surface area contributed by atoms with Gasteiger partial charge in [0, 0.05) is 17.8 Å². The van der Waals surface area contributed by atoms with Gasteiger partial charge < -0.3 is 0 Å². The Hall–Kier alpha value is -1.77. The summed E-state index contributed by atoms with van der Waals surface area (Å²) in [7, 11) is 0. The number of hydrogen-bond acceptors (Lipinski definition) is 1. The van der Waals surface area contributed by atoms with Gasteiger partial charge in [-0.2, -0.15) is 0 Å². The van der Waals surface area contributed by atoms with Crippen molar-refractivity contribution >= 4 is 0 Å². The summed E-state index contributed by atoms with van der Waals surface area (Å²) in [5.41, 5.74) is 2.31. The zero-order chi connectivity index (χ0) is 14.9. The lowest BCUT2D eigenvalue weighted by Gasteiger charge is -2.26. The monoisotopic (exact) mass is 275 g/mol. The molecule has 0 bridgehead atoms. The number of aromatic nitrogens is 1. The molecule has 0 atom stereocenters. The standard InChI is InChI=1S/C17H19F2N/c1-5-17(3,4)13-9-12(18)10-14(19)16(13)15-8-11(2)6-7-20-15/h6-10H,5H2,1-4H3. The zero-order valence-corrected chi connectivity index (χ0v) is 12.3. The summed E-state index contributed by atoms with van der Waals surface area (Å²) in [5, 5.41) is 0. The van der Waals surface area contributed by atoms with Gasteiger partial charge in [0.05, 0.1) is 5.69 Å². The highest BCUT2D eigenvalue weighted by Gasteiger charge is 2.26. The Morgan fingerprint density at radius 2 is 1.85 bits per heavy atom. The van der Waals surface area contributed by atoms with Crippen LogP contribution < -0.4 is 0 Å². The molecule has 0 unspecified atom stereocenters. The molecule has 0 aliphatic heterocycles. The average molecular weight is 275 g/mol. The molecule has 2 rings (SSSR count). The van der Waals surface area contributed by atoms with Gasteiger partial charge in [-0.25, -0.2) is 8.78 Å². The van der Waals surface area contributed by atoms with E-state index in [9.17, 15) is 8.78 Å². The third kappa shape index (κ3) is 2.72. The maximum atomic E-state index is 14.3. The highest BCUT2D eigenvalue weighted by Crippen LogP contribution is 2.37. The molecule has 1 aromatic heterocycles. The Labute approximate surface area is 118 Å². The fraction of sp³-hybridized carbons (Fsp3) is 0.353. The third-order valence-electron chi connectivity index (χ3n) is 3.84. The van der Waals surface area contributed by atoms with E-state index >= 15 is 0 Å². The van der Waals surface area contributed by atoms with Crippen LogP contribution in [-0.2, 0) is 5.41 Å². The van der Waals surface area contributed by atoms with E-state index in [1.807, 2.05) is 39.8 Å². The minimum absolute atomic E-state index is 0.316. The second-order valence-corrected chi connectivity index (χ2v) is 5.77. The molecule has 0 spiro atoms. The molecule has 0 radical (unpaired) electrons. The van der Waals surface area contributed by atoms with Crippen LogP contribution in [0.1, 0.15) is 38.3 Å². The fourth-order valence-electron chi connectivity index (χ4n) is 2.23. The van der Waals surface area contributed by atoms with Crippen LogP contribution in [0.3, 0.4) is 0 Å². The van der Waals surface area contributed by atoms with E-state index in [1.54, 1.807) is 6.20 Å². The van der Waals surface area contributed by atoms with E-state index in [-0.39, 0.29) is 5.41 Å². The number of halogens is 2. The molecule has 0 saturated heterocycles. The Morgan fingerprint density at radius 3 is 2.45 bits per heavy atom. The molecule has 3 heteroatoms. The molecule has 20 heavy (non-hydrogen) atoms. The Bertz CT molecular complexity index is 633. The Kier molecular flexibility index (Phi) is 3.89. The van der Waals surface area contributed by atoms with Gasteiger partial charge >= 0.3 is 0 Å². The second-order valence-electron chi connectivity index (χ2n) is 5.77. The zero-order valence-electron chi connectivity index (χ0n) is 12.3. The maximum Gasteiger partial charge on any atom is 0.135 e. The summed E-state index contributed by atoms with van der Waals surface area (Å²) in [6.45, 7) is 7.91. The first kappa shape index (κ1) is 14.6. The van der Waals surface area contributed by atoms with E-state index in [2.05, 4.69) is 4.98 Å². The first-order valence-electron chi connectivity index (χ1n) is 6.77.